The number of ether oxygens (including phenoxy) is 1. The van der Waals surface area contributed by atoms with Crippen LogP contribution in [0.3, 0.4) is 0 Å². The van der Waals surface area contributed by atoms with Gasteiger partial charge in [0.2, 0.25) is 0 Å². The number of carbonyl (C=O) groups excluding carboxylic acids is 1. The summed E-state index contributed by atoms with van der Waals surface area (Å²) in [6.07, 6.45) is 1.61. The van der Waals surface area contributed by atoms with Crippen molar-refractivity contribution in [1.82, 2.24) is 4.98 Å². The Labute approximate surface area is 80.5 Å². The summed E-state index contributed by atoms with van der Waals surface area (Å²) in [6, 6.07) is 3.51. The van der Waals surface area contributed by atoms with E-state index in [9.17, 15) is 4.79 Å². The van der Waals surface area contributed by atoms with Crippen LogP contribution in [0.15, 0.2) is 23.2 Å². The molecule has 13 heavy (non-hydrogen) atoms. The Morgan fingerprint density at radius 3 is 3.15 bits per heavy atom. The lowest BCUT2D eigenvalue weighted by molar-refractivity contribution is -0.137. The smallest absolute Gasteiger partial charge is 0.315 e. The molecule has 1 aromatic heterocycles. The van der Waals surface area contributed by atoms with Gasteiger partial charge in [-0.2, -0.15) is 0 Å². The van der Waals surface area contributed by atoms with Crippen molar-refractivity contribution in [2.75, 3.05) is 18.6 Å². The molecule has 5 heteroatoms. The predicted octanol–water partition coefficient (Wildman–Crippen LogP) is 0.929. The number of nitrogen functional groups attached to an aromatic ring is 1. The van der Waals surface area contributed by atoms with E-state index in [0.717, 1.165) is 4.90 Å². The van der Waals surface area contributed by atoms with Gasteiger partial charge in [-0.05, 0) is 12.1 Å². The lowest BCUT2D eigenvalue weighted by Crippen LogP contribution is -2.02. The van der Waals surface area contributed by atoms with Crippen LogP contribution in [0.1, 0.15) is 0 Å². The molecule has 2 N–H and O–H groups in total. The fourth-order valence-electron chi connectivity index (χ4n) is 0.719. The lowest BCUT2D eigenvalue weighted by Gasteiger charge is -2.00. The molecule has 0 aliphatic carbocycles. The molecule has 0 atom stereocenters. The molecule has 0 aromatic carbocycles. The Hall–Kier alpha value is -1.23. The van der Waals surface area contributed by atoms with Crippen LogP contribution in [0.2, 0.25) is 0 Å². The fourth-order valence-corrected chi connectivity index (χ4v) is 1.48. The zero-order valence-corrected chi connectivity index (χ0v) is 8.00. The quantitative estimate of drug-likeness (QED) is 0.578. The number of anilines is 1. The number of nitrogens with two attached hydrogens (primary N) is 1. The Balaban J connectivity index is 2.50. The number of carbonyl (C=O) groups is 1. The van der Waals surface area contributed by atoms with E-state index >= 15 is 0 Å². The van der Waals surface area contributed by atoms with E-state index in [1.54, 1.807) is 18.3 Å². The molecule has 0 saturated carbocycles. The molecular weight excluding hydrogens is 188 g/mol. The van der Waals surface area contributed by atoms with Crippen molar-refractivity contribution in [3.05, 3.63) is 18.3 Å². The predicted molar refractivity (Wildman–Crippen MR) is 51.4 cm³/mol. The Morgan fingerprint density at radius 1 is 1.77 bits per heavy atom. The highest BCUT2D eigenvalue weighted by atomic mass is 32.2. The highest BCUT2D eigenvalue weighted by Gasteiger charge is 2.01. The second kappa shape index (κ2) is 4.71. The normalized spacial score (nSPS) is 9.62. The van der Waals surface area contributed by atoms with Gasteiger partial charge in [0, 0.05) is 11.1 Å². The minimum absolute atomic E-state index is 0.250. The van der Waals surface area contributed by atoms with Gasteiger partial charge in [-0.15, -0.1) is 11.8 Å². The van der Waals surface area contributed by atoms with Gasteiger partial charge in [0.1, 0.15) is 5.82 Å². The number of esters is 1. The van der Waals surface area contributed by atoms with Crippen molar-refractivity contribution in [2.45, 2.75) is 4.90 Å². The molecule has 0 radical (unpaired) electrons. The average molecular weight is 198 g/mol. The summed E-state index contributed by atoms with van der Waals surface area (Å²) < 4.78 is 4.50. The molecule has 70 valence electrons. The Morgan fingerprint density at radius 2 is 2.54 bits per heavy atom. The van der Waals surface area contributed by atoms with E-state index in [1.807, 2.05) is 0 Å². The largest absolute Gasteiger partial charge is 0.468 e. The van der Waals surface area contributed by atoms with E-state index in [4.69, 9.17) is 5.73 Å². The molecule has 0 amide bonds. The molecule has 0 aliphatic heterocycles. The number of pyridine rings is 1. The molecule has 1 heterocycles. The summed E-state index contributed by atoms with van der Waals surface area (Å²) in [7, 11) is 1.36. The van der Waals surface area contributed by atoms with E-state index in [1.165, 1.54) is 18.9 Å². The highest BCUT2D eigenvalue weighted by Crippen LogP contribution is 2.18. The summed E-state index contributed by atoms with van der Waals surface area (Å²) in [6.45, 7) is 0. The number of methoxy groups -OCH3 is 1. The van der Waals surface area contributed by atoms with Crippen LogP contribution < -0.4 is 5.73 Å². The maximum atomic E-state index is 10.8. The Kier molecular flexibility index (Phi) is 3.57. The minimum atomic E-state index is -0.250. The van der Waals surface area contributed by atoms with Crippen LogP contribution in [0.5, 0.6) is 0 Å². The molecular formula is C8H10N2O2S. The fraction of sp³-hybridized carbons (Fsp3) is 0.250. The van der Waals surface area contributed by atoms with Gasteiger partial charge >= 0.3 is 5.97 Å². The zero-order chi connectivity index (χ0) is 9.68. The van der Waals surface area contributed by atoms with Gasteiger partial charge in [-0.3, -0.25) is 4.79 Å². The second-order valence-corrected chi connectivity index (χ2v) is 3.33. The van der Waals surface area contributed by atoms with E-state index < -0.39 is 0 Å². The highest BCUT2D eigenvalue weighted by molar-refractivity contribution is 8.00. The molecule has 0 unspecified atom stereocenters. The van der Waals surface area contributed by atoms with Crippen molar-refractivity contribution in [3.8, 4) is 0 Å². The number of thioether (sulfide) groups is 1. The minimum Gasteiger partial charge on any atom is -0.468 e. The summed E-state index contributed by atoms with van der Waals surface area (Å²) in [5, 5.41) is 0. The van der Waals surface area contributed by atoms with Gasteiger partial charge in [-0.1, -0.05) is 0 Å². The first kappa shape index (κ1) is 9.85. The molecule has 1 aromatic rings. The monoisotopic (exact) mass is 198 g/mol. The third-order valence-electron chi connectivity index (χ3n) is 1.34. The second-order valence-electron chi connectivity index (χ2n) is 2.28. The van der Waals surface area contributed by atoms with Crippen molar-refractivity contribution in [1.29, 1.82) is 0 Å². The van der Waals surface area contributed by atoms with E-state index in [2.05, 4.69) is 9.72 Å². The van der Waals surface area contributed by atoms with E-state index in [-0.39, 0.29) is 5.97 Å². The number of hydrogen-bond acceptors (Lipinski definition) is 5. The standard InChI is InChI=1S/C8H10N2O2S/c1-12-8(11)5-13-6-2-3-10-7(9)4-6/h2-4H,5H2,1H3,(H2,9,10). The molecule has 0 bridgehead atoms. The third kappa shape index (κ3) is 3.33. The van der Waals surface area contributed by atoms with Gasteiger partial charge in [-0.25, -0.2) is 4.98 Å². The molecule has 0 saturated heterocycles. The molecule has 0 spiro atoms. The van der Waals surface area contributed by atoms with Gasteiger partial charge < -0.3 is 10.5 Å². The SMILES string of the molecule is COC(=O)CSc1ccnc(N)c1. The first-order chi connectivity index (χ1) is 6.22. The molecule has 1 rings (SSSR count). The first-order valence-electron chi connectivity index (χ1n) is 3.63. The number of hydrogen-bond donors (Lipinski definition) is 1. The average Bonchev–Trinajstić information content (AvgIpc) is 2.14. The van der Waals surface area contributed by atoms with Crippen LogP contribution in [0.4, 0.5) is 5.82 Å². The topological polar surface area (TPSA) is 65.2 Å². The number of nitrogens with zero attached hydrogens (tertiary/aromatic N) is 1. The van der Waals surface area contributed by atoms with Gasteiger partial charge in [0.05, 0.1) is 12.9 Å². The van der Waals surface area contributed by atoms with Crippen molar-refractivity contribution in [2.24, 2.45) is 0 Å². The lowest BCUT2D eigenvalue weighted by atomic mass is 10.5. The number of rotatable bonds is 3. The van der Waals surface area contributed by atoms with E-state index in [0.29, 0.717) is 11.6 Å². The van der Waals surface area contributed by atoms with Crippen LogP contribution in [-0.4, -0.2) is 23.8 Å². The van der Waals surface area contributed by atoms with Crippen molar-refractivity contribution in [3.63, 3.8) is 0 Å². The van der Waals surface area contributed by atoms with Crippen molar-refractivity contribution >= 4 is 23.5 Å². The van der Waals surface area contributed by atoms with Crippen LogP contribution in [-0.2, 0) is 9.53 Å². The molecule has 0 aliphatic rings. The zero-order valence-electron chi connectivity index (χ0n) is 7.19. The molecule has 0 fully saturated rings. The van der Waals surface area contributed by atoms with Crippen molar-refractivity contribution < 1.29 is 9.53 Å². The summed E-state index contributed by atoms with van der Waals surface area (Å²) in [4.78, 5) is 15.5. The summed E-state index contributed by atoms with van der Waals surface area (Å²) in [5.74, 6) is 0.496. The summed E-state index contributed by atoms with van der Waals surface area (Å²) in [5.41, 5.74) is 5.46. The van der Waals surface area contributed by atoms with Gasteiger partial charge in [0.15, 0.2) is 0 Å². The van der Waals surface area contributed by atoms with Gasteiger partial charge in [0.25, 0.3) is 0 Å². The Bertz CT molecular complexity index is 304. The molecule has 4 nitrogen and oxygen atoms in total. The summed E-state index contributed by atoms with van der Waals surface area (Å²) >= 11 is 1.37. The van der Waals surface area contributed by atoms with Crippen LogP contribution in [0, 0.1) is 0 Å². The van der Waals surface area contributed by atoms with Crippen LogP contribution >= 0.6 is 11.8 Å². The maximum absolute atomic E-state index is 10.8. The first-order valence-corrected chi connectivity index (χ1v) is 4.62. The van der Waals surface area contributed by atoms with Crippen LogP contribution in [0.25, 0.3) is 0 Å². The maximum Gasteiger partial charge on any atom is 0.315 e. The number of aromatic nitrogens is 1. The third-order valence-corrected chi connectivity index (χ3v) is 2.30.